The highest BCUT2D eigenvalue weighted by Gasteiger charge is 2.37. The molecule has 6 heteroatoms. The first-order valence-corrected chi connectivity index (χ1v) is 8.69. The average molecular weight is 350 g/mol. The Kier molecular flexibility index (Phi) is 4.43. The normalized spacial score (nSPS) is 17.3. The number of hydrogen-bond donors (Lipinski definition) is 1. The van der Waals surface area contributed by atoms with Gasteiger partial charge in [0.25, 0.3) is 5.91 Å². The Bertz CT molecular complexity index is 904. The fraction of sp³-hybridized carbons (Fsp3) is 0.211. The Morgan fingerprint density at radius 2 is 2.16 bits per heavy atom. The van der Waals surface area contributed by atoms with Gasteiger partial charge in [0.2, 0.25) is 0 Å². The van der Waals surface area contributed by atoms with Crippen molar-refractivity contribution < 1.29 is 4.79 Å². The van der Waals surface area contributed by atoms with Crippen molar-refractivity contribution in [1.82, 2.24) is 4.98 Å². The number of benzene rings is 1. The number of nitriles is 1. The van der Waals surface area contributed by atoms with E-state index in [0.717, 1.165) is 11.4 Å². The molecule has 0 fully saturated rings. The maximum Gasteiger partial charge on any atom is 0.268 e. The lowest BCUT2D eigenvalue weighted by Crippen LogP contribution is -2.22. The molecule has 1 aromatic carbocycles. The molecule has 1 aliphatic rings. The second-order valence-electron chi connectivity index (χ2n) is 6.24. The molecule has 0 saturated carbocycles. The lowest BCUT2D eigenvalue weighted by molar-refractivity contribution is -0.112. The monoisotopic (exact) mass is 350 g/mol. The van der Waals surface area contributed by atoms with Crippen LogP contribution in [0, 0.1) is 11.3 Å². The summed E-state index contributed by atoms with van der Waals surface area (Å²) < 4.78 is 0. The number of hydrogen-bond acceptors (Lipinski definition) is 5. The van der Waals surface area contributed by atoms with E-state index in [1.54, 1.807) is 17.7 Å². The van der Waals surface area contributed by atoms with Gasteiger partial charge in [0.1, 0.15) is 11.6 Å². The van der Waals surface area contributed by atoms with Crippen LogP contribution in [0.2, 0.25) is 0 Å². The molecule has 0 unspecified atom stereocenters. The molecule has 3 rings (SSSR count). The van der Waals surface area contributed by atoms with Crippen LogP contribution in [0.1, 0.15) is 19.4 Å². The van der Waals surface area contributed by atoms with Gasteiger partial charge in [0.15, 0.2) is 5.13 Å². The number of nitrogens with zero attached hydrogens (tertiary/aromatic N) is 3. The van der Waals surface area contributed by atoms with Gasteiger partial charge in [-0.25, -0.2) is 4.98 Å². The number of carbonyl (C=O) groups is 1. The number of fused-ring (bicyclic) bond motifs is 1. The quantitative estimate of drug-likeness (QED) is 0.674. The van der Waals surface area contributed by atoms with Crippen LogP contribution < -0.4 is 10.2 Å². The molecule has 25 heavy (non-hydrogen) atoms. The van der Waals surface area contributed by atoms with Crippen molar-refractivity contribution in [3.05, 3.63) is 64.8 Å². The van der Waals surface area contributed by atoms with Crippen LogP contribution in [0.4, 0.5) is 10.8 Å². The smallest absolute Gasteiger partial charge is 0.268 e. The van der Waals surface area contributed by atoms with E-state index in [1.807, 2.05) is 31.3 Å². The zero-order chi connectivity index (χ0) is 18.0. The van der Waals surface area contributed by atoms with Crippen LogP contribution in [-0.2, 0) is 10.2 Å². The van der Waals surface area contributed by atoms with Gasteiger partial charge >= 0.3 is 0 Å². The van der Waals surface area contributed by atoms with Crippen LogP contribution in [0.3, 0.4) is 0 Å². The predicted molar refractivity (Wildman–Crippen MR) is 100 cm³/mol. The fourth-order valence-electron chi connectivity index (χ4n) is 3.08. The summed E-state index contributed by atoms with van der Waals surface area (Å²) in [6, 6.07) is 10.2. The molecule has 0 saturated heterocycles. The third-order valence-electron chi connectivity index (χ3n) is 4.37. The number of likely N-dealkylation sites (N-methyl/N-ethyl adjacent to an activating group) is 1. The molecule has 126 valence electrons. The highest BCUT2D eigenvalue weighted by molar-refractivity contribution is 7.13. The van der Waals surface area contributed by atoms with Gasteiger partial charge < -0.3 is 4.90 Å². The van der Waals surface area contributed by atoms with Crippen molar-refractivity contribution in [3.63, 3.8) is 0 Å². The Balaban J connectivity index is 1.90. The van der Waals surface area contributed by atoms with Gasteiger partial charge in [0.05, 0.1) is 0 Å². The Morgan fingerprint density at radius 3 is 2.80 bits per heavy atom. The fourth-order valence-corrected chi connectivity index (χ4v) is 3.60. The summed E-state index contributed by atoms with van der Waals surface area (Å²) in [5.74, 6) is -0.453. The molecule has 0 aliphatic carbocycles. The molecule has 0 bridgehead atoms. The van der Waals surface area contributed by atoms with Gasteiger partial charge in [-0.2, -0.15) is 5.26 Å². The summed E-state index contributed by atoms with van der Waals surface area (Å²) in [5, 5.41) is 14.2. The Hall–Kier alpha value is -2.91. The van der Waals surface area contributed by atoms with Gasteiger partial charge in [0, 0.05) is 35.4 Å². The zero-order valence-electron chi connectivity index (χ0n) is 14.3. The molecule has 1 aliphatic heterocycles. The van der Waals surface area contributed by atoms with Crippen molar-refractivity contribution in [1.29, 1.82) is 5.26 Å². The van der Waals surface area contributed by atoms with Crippen LogP contribution in [-0.4, -0.2) is 17.9 Å². The standard InChI is InChI=1S/C19H18N4OS/c1-19(2)14-6-4-5-7-15(14)23(3)16(19)9-8-13(12-20)17(24)22-18-21-10-11-25-18/h4-11H,1-3H3,(H,21,22,24). The summed E-state index contributed by atoms with van der Waals surface area (Å²) in [6.45, 7) is 4.27. The average Bonchev–Trinajstić information content (AvgIpc) is 3.16. The lowest BCUT2D eigenvalue weighted by Gasteiger charge is -2.23. The number of amides is 1. The van der Waals surface area contributed by atoms with Gasteiger partial charge in [-0.05, 0) is 23.8 Å². The highest BCUT2D eigenvalue weighted by Crippen LogP contribution is 2.46. The largest absolute Gasteiger partial charge is 0.347 e. The molecule has 1 N–H and O–H groups in total. The summed E-state index contributed by atoms with van der Waals surface area (Å²) in [7, 11) is 1.99. The van der Waals surface area contributed by atoms with Gasteiger partial charge in [-0.15, -0.1) is 11.3 Å². The van der Waals surface area contributed by atoms with Crippen molar-refractivity contribution in [3.8, 4) is 6.07 Å². The van der Waals surface area contributed by atoms with E-state index in [9.17, 15) is 10.1 Å². The first-order valence-electron chi connectivity index (χ1n) is 7.82. The molecule has 2 aromatic rings. The van der Waals surface area contributed by atoms with E-state index in [-0.39, 0.29) is 11.0 Å². The molecular weight excluding hydrogens is 332 g/mol. The molecule has 2 heterocycles. The number of para-hydroxylation sites is 1. The van der Waals surface area contributed by atoms with Crippen molar-refractivity contribution >= 4 is 28.1 Å². The molecule has 1 amide bonds. The number of anilines is 2. The Labute approximate surface area is 150 Å². The number of rotatable bonds is 3. The molecule has 0 spiro atoms. The first-order chi connectivity index (χ1) is 11.9. The van der Waals surface area contributed by atoms with E-state index in [4.69, 9.17) is 0 Å². The second-order valence-corrected chi connectivity index (χ2v) is 7.13. The minimum atomic E-state index is -0.453. The van der Waals surface area contributed by atoms with E-state index in [1.165, 1.54) is 16.9 Å². The highest BCUT2D eigenvalue weighted by atomic mass is 32.1. The second kappa shape index (κ2) is 6.54. The summed E-state index contributed by atoms with van der Waals surface area (Å²) in [4.78, 5) is 18.3. The van der Waals surface area contributed by atoms with Crippen molar-refractivity contribution in [2.75, 3.05) is 17.3 Å². The molecule has 5 nitrogen and oxygen atoms in total. The SMILES string of the molecule is CN1C(=CC=C(C#N)C(=O)Nc2nccs2)C(C)(C)c2ccccc21. The minimum Gasteiger partial charge on any atom is -0.347 e. The number of allylic oxidation sites excluding steroid dienone is 3. The van der Waals surface area contributed by atoms with Crippen LogP contribution in [0.15, 0.2) is 59.3 Å². The van der Waals surface area contributed by atoms with E-state index >= 15 is 0 Å². The van der Waals surface area contributed by atoms with Crippen molar-refractivity contribution in [2.24, 2.45) is 0 Å². The van der Waals surface area contributed by atoms with Crippen LogP contribution in [0.5, 0.6) is 0 Å². The predicted octanol–water partition coefficient (Wildman–Crippen LogP) is 3.84. The number of carbonyl (C=O) groups excluding carboxylic acids is 1. The Morgan fingerprint density at radius 1 is 1.40 bits per heavy atom. The third kappa shape index (κ3) is 3.06. The first kappa shape index (κ1) is 16.9. The number of aromatic nitrogens is 1. The molecule has 0 atom stereocenters. The maximum atomic E-state index is 12.2. The number of nitrogens with one attached hydrogen (secondary N) is 1. The van der Waals surface area contributed by atoms with Crippen molar-refractivity contribution in [2.45, 2.75) is 19.3 Å². The maximum absolute atomic E-state index is 12.2. The van der Waals surface area contributed by atoms with Gasteiger partial charge in [-0.1, -0.05) is 32.0 Å². The topological polar surface area (TPSA) is 69.0 Å². The summed E-state index contributed by atoms with van der Waals surface area (Å²) in [6.07, 6.45) is 5.02. The molecular formula is C19H18N4OS. The minimum absolute atomic E-state index is 0.0443. The van der Waals surface area contributed by atoms with E-state index < -0.39 is 5.91 Å². The van der Waals surface area contributed by atoms with Crippen LogP contribution in [0.25, 0.3) is 0 Å². The summed E-state index contributed by atoms with van der Waals surface area (Å²) in [5.41, 5.74) is 3.24. The van der Waals surface area contributed by atoms with Crippen LogP contribution >= 0.6 is 11.3 Å². The van der Waals surface area contributed by atoms with E-state index in [0.29, 0.717) is 5.13 Å². The van der Waals surface area contributed by atoms with E-state index in [2.05, 4.69) is 41.2 Å². The zero-order valence-corrected chi connectivity index (χ0v) is 15.1. The lowest BCUT2D eigenvalue weighted by atomic mass is 9.83. The number of thiazole rings is 1. The third-order valence-corrected chi connectivity index (χ3v) is 5.05. The van der Waals surface area contributed by atoms with Gasteiger partial charge in [-0.3, -0.25) is 10.1 Å². The molecule has 1 aromatic heterocycles. The molecule has 0 radical (unpaired) electrons. The summed E-state index contributed by atoms with van der Waals surface area (Å²) >= 11 is 1.31.